The van der Waals surface area contributed by atoms with Gasteiger partial charge in [0.05, 0.1) is 5.02 Å². The van der Waals surface area contributed by atoms with Gasteiger partial charge in [-0.1, -0.05) is 23.4 Å². The zero-order chi connectivity index (χ0) is 14.7. The molecule has 0 amide bonds. The van der Waals surface area contributed by atoms with Crippen molar-refractivity contribution in [2.24, 2.45) is 0 Å². The molecule has 2 aromatic rings. The van der Waals surface area contributed by atoms with E-state index in [4.69, 9.17) is 17.3 Å². The van der Waals surface area contributed by atoms with Gasteiger partial charge in [0.1, 0.15) is 5.03 Å². The smallest absolute Gasteiger partial charge is 0.387 e. The van der Waals surface area contributed by atoms with Crippen molar-refractivity contribution in [3.63, 3.8) is 0 Å². The van der Waals surface area contributed by atoms with Gasteiger partial charge >= 0.3 is 6.61 Å². The van der Waals surface area contributed by atoms with Gasteiger partial charge in [-0.05, 0) is 18.2 Å². The molecule has 0 bridgehead atoms. The van der Waals surface area contributed by atoms with Gasteiger partial charge in [0.25, 0.3) is 0 Å². The first kappa shape index (κ1) is 14.8. The van der Waals surface area contributed by atoms with Gasteiger partial charge in [-0.2, -0.15) is 8.78 Å². The van der Waals surface area contributed by atoms with Gasteiger partial charge in [-0.15, -0.1) is 0 Å². The van der Waals surface area contributed by atoms with Gasteiger partial charge in [0.15, 0.2) is 11.6 Å². The van der Waals surface area contributed by atoms with E-state index in [-0.39, 0.29) is 5.69 Å². The Labute approximate surface area is 121 Å². The van der Waals surface area contributed by atoms with E-state index < -0.39 is 18.2 Å². The second kappa shape index (κ2) is 6.23. The molecule has 8 heteroatoms. The van der Waals surface area contributed by atoms with Gasteiger partial charge in [-0.25, -0.2) is 9.37 Å². The van der Waals surface area contributed by atoms with E-state index in [1.807, 2.05) is 0 Å². The molecule has 0 saturated carbocycles. The number of benzene rings is 1. The van der Waals surface area contributed by atoms with E-state index in [1.165, 1.54) is 6.20 Å². The number of nitrogen functional groups attached to an aromatic ring is 1. The number of rotatable bonds is 4. The number of anilines is 1. The van der Waals surface area contributed by atoms with Crippen molar-refractivity contribution in [3.8, 4) is 5.75 Å². The Morgan fingerprint density at radius 2 is 2.05 bits per heavy atom. The fourth-order valence-electron chi connectivity index (χ4n) is 1.36. The maximum Gasteiger partial charge on any atom is 0.387 e. The first-order valence-electron chi connectivity index (χ1n) is 5.29. The maximum absolute atomic E-state index is 13.4. The van der Waals surface area contributed by atoms with Crippen LogP contribution in [0.25, 0.3) is 0 Å². The molecular formula is C12H8ClF3N2OS. The molecule has 0 fully saturated rings. The van der Waals surface area contributed by atoms with Crippen LogP contribution in [0.15, 0.2) is 40.4 Å². The van der Waals surface area contributed by atoms with Gasteiger partial charge in [-0.3, -0.25) is 0 Å². The SMILES string of the molecule is Nc1cc(F)c(OC(F)F)cc1Sc1ccc(Cl)cn1. The summed E-state index contributed by atoms with van der Waals surface area (Å²) in [4.78, 5) is 4.38. The van der Waals surface area contributed by atoms with Crippen LogP contribution in [-0.4, -0.2) is 11.6 Å². The van der Waals surface area contributed by atoms with Crippen LogP contribution in [0.2, 0.25) is 5.02 Å². The highest BCUT2D eigenvalue weighted by molar-refractivity contribution is 7.99. The lowest BCUT2D eigenvalue weighted by Crippen LogP contribution is -2.04. The summed E-state index contributed by atoms with van der Waals surface area (Å²) in [5, 5.41) is 0.999. The Kier molecular flexibility index (Phi) is 4.61. The van der Waals surface area contributed by atoms with Crippen molar-refractivity contribution in [1.82, 2.24) is 4.98 Å². The number of pyridine rings is 1. The minimum atomic E-state index is -3.11. The third-order valence-electron chi connectivity index (χ3n) is 2.20. The second-order valence-corrected chi connectivity index (χ2v) is 5.11. The number of ether oxygens (including phenoxy) is 1. The zero-order valence-corrected chi connectivity index (χ0v) is 11.4. The highest BCUT2D eigenvalue weighted by atomic mass is 35.5. The van der Waals surface area contributed by atoms with E-state index >= 15 is 0 Å². The van der Waals surface area contributed by atoms with Crippen molar-refractivity contribution in [2.45, 2.75) is 16.5 Å². The summed E-state index contributed by atoms with van der Waals surface area (Å²) in [6.07, 6.45) is 1.43. The summed E-state index contributed by atoms with van der Waals surface area (Å²) >= 11 is 6.79. The van der Waals surface area contributed by atoms with E-state index in [0.29, 0.717) is 14.9 Å². The maximum atomic E-state index is 13.4. The van der Waals surface area contributed by atoms with Crippen LogP contribution in [0, 0.1) is 5.82 Å². The zero-order valence-electron chi connectivity index (χ0n) is 9.82. The summed E-state index contributed by atoms with van der Waals surface area (Å²) in [5.41, 5.74) is 5.74. The van der Waals surface area contributed by atoms with Crippen LogP contribution in [-0.2, 0) is 0 Å². The summed E-state index contributed by atoms with van der Waals surface area (Å²) in [6.45, 7) is -3.11. The summed E-state index contributed by atoms with van der Waals surface area (Å²) < 4.78 is 41.8. The van der Waals surface area contributed by atoms with Crippen LogP contribution in [0.1, 0.15) is 0 Å². The Hall–Kier alpha value is -1.60. The Bertz CT molecular complexity index is 610. The van der Waals surface area contributed by atoms with Crippen molar-refractivity contribution in [1.29, 1.82) is 0 Å². The number of alkyl halides is 2. The molecule has 20 heavy (non-hydrogen) atoms. The topological polar surface area (TPSA) is 48.1 Å². The first-order chi connectivity index (χ1) is 9.45. The average molecular weight is 321 g/mol. The molecule has 0 unspecified atom stereocenters. The first-order valence-corrected chi connectivity index (χ1v) is 6.48. The van der Waals surface area contributed by atoms with Gasteiger partial charge in [0, 0.05) is 22.8 Å². The molecule has 0 saturated heterocycles. The number of aromatic nitrogens is 1. The highest BCUT2D eigenvalue weighted by Crippen LogP contribution is 2.35. The number of nitrogens with two attached hydrogens (primary N) is 1. The lowest BCUT2D eigenvalue weighted by atomic mass is 10.3. The number of hydrogen-bond donors (Lipinski definition) is 1. The van der Waals surface area contributed by atoms with Gasteiger partial charge < -0.3 is 10.5 Å². The average Bonchev–Trinajstić information content (AvgIpc) is 2.37. The number of nitrogens with zero attached hydrogens (tertiary/aromatic N) is 1. The monoisotopic (exact) mass is 320 g/mol. The summed E-state index contributed by atoms with van der Waals surface area (Å²) in [5.74, 6) is -1.51. The molecule has 1 heterocycles. The standard InChI is InChI=1S/C12H8ClF3N2OS/c13-6-1-2-11(18-5-6)20-10-4-9(19-12(15)16)7(14)3-8(10)17/h1-5,12H,17H2. The van der Waals surface area contributed by atoms with Crippen LogP contribution in [0.5, 0.6) is 5.75 Å². The summed E-state index contributed by atoms with van der Waals surface area (Å²) in [6, 6.07) is 5.28. The Balaban J connectivity index is 2.28. The van der Waals surface area contributed by atoms with E-state index in [1.54, 1.807) is 12.1 Å². The number of hydrogen-bond acceptors (Lipinski definition) is 4. The fourth-order valence-corrected chi connectivity index (χ4v) is 2.28. The minimum absolute atomic E-state index is 0.103. The Morgan fingerprint density at radius 3 is 2.65 bits per heavy atom. The van der Waals surface area contributed by atoms with E-state index in [9.17, 15) is 13.2 Å². The van der Waals surface area contributed by atoms with Crippen molar-refractivity contribution < 1.29 is 17.9 Å². The minimum Gasteiger partial charge on any atom is -0.432 e. The molecule has 0 radical (unpaired) electrons. The lowest BCUT2D eigenvalue weighted by molar-refractivity contribution is -0.0523. The highest BCUT2D eigenvalue weighted by Gasteiger charge is 2.14. The van der Waals surface area contributed by atoms with Crippen LogP contribution in [0.3, 0.4) is 0 Å². The summed E-state index contributed by atoms with van der Waals surface area (Å²) in [7, 11) is 0. The Morgan fingerprint density at radius 1 is 1.30 bits per heavy atom. The molecule has 3 nitrogen and oxygen atoms in total. The third-order valence-corrected chi connectivity index (χ3v) is 3.44. The van der Waals surface area contributed by atoms with Crippen LogP contribution in [0.4, 0.5) is 18.9 Å². The quantitative estimate of drug-likeness (QED) is 0.857. The van der Waals surface area contributed by atoms with Crippen molar-refractivity contribution in [3.05, 3.63) is 41.3 Å². The third kappa shape index (κ3) is 3.71. The largest absolute Gasteiger partial charge is 0.432 e. The van der Waals surface area contributed by atoms with Gasteiger partial charge in [0.2, 0.25) is 0 Å². The molecular weight excluding hydrogens is 313 g/mol. The number of halogens is 4. The van der Waals surface area contributed by atoms with Crippen LogP contribution < -0.4 is 10.5 Å². The van der Waals surface area contributed by atoms with Crippen LogP contribution >= 0.6 is 23.4 Å². The van der Waals surface area contributed by atoms with E-state index in [2.05, 4.69) is 9.72 Å². The molecule has 0 aliphatic heterocycles. The normalized spacial score (nSPS) is 10.8. The predicted molar refractivity (Wildman–Crippen MR) is 70.8 cm³/mol. The molecule has 2 N–H and O–H groups in total. The molecule has 1 aromatic heterocycles. The lowest BCUT2D eigenvalue weighted by Gasteiger charge is -2.10. The van der Waals surface area contributed by atoms with E-state index in [0.717, 1.165) is 23.9 Å². The molecule has 106 valence electrons. The predicted octanol–water partition coefficient (Wildman–Crippen LogP) is 4.21. The molecule has 0 aliphatic rings. The van der Waals surface area contributed by atoms with Crippen molar-refractivity contribution in [2.75, 3.05) is 5.73 Å². The van der Waals surface area contributed by atoms with Crippen molar-refractivity contribution >= 4 is 29.1 Å². The molecule has 0 aliphatic carbocycles. The second-order valence-electron chi connectivity index (χ2n) is 3.62. The molecule has 1 aromatic carbocycles. The molecule has 0 atom stereocenters. The fraction of sp³-hybridized carbons (Fsp3) is 0.0833. The molecule has 0 spiro atoms. The molecule has 2 rings (SSSR count).